The van der Waals surface area contributed by atoms with Crippen LogP contribution in [0.15, 0.2) is 91.1 Å². The van der Waals surface area contributed by atoms with Crippen molar-refractivity contribution in [2.45, 2.75) is 6.10 Å². The van der Waals surface area contributed by atoms with Gasteiger partial charge in [-0.05, 0) is 56.9 Å². The third-order valence-corrected chi connectivity index (χ3v) is 5.61. The van der Waals surface area contributed by atoms with E-state index in [4.69, 9.17) is 0 Å². The van der Waals surface area contributed by atoms with E-state index < -0.39 is 6.10 Å². The molecular weight excluding hydrogens is 386 g/mol. The number of aromatic nitrogens is 2. The molecule has 152 valence electrons. The number of benzene rings is 4. The molecule has 0 aliphatic heterocycles. The van der Waals surface area contributed by atoms with E-state index in [-0.39, 0.29) is 5.91 Å². The zero-order chi connectivity index (χ0) is 21.4. The van der Waals surface area contributed by atoms with Crippen LogP contribution < -0.4 is 5.32 Å². The second-order valence-corrected chi connectivity index (χ2v) is 7.55. The van der Waals surface area contributed by atoms with E-state index in [1.54, 1.807) is 19.3 Å². The van der Waals surface area contributed by atoms with Crippen molar-refractivity contribution < 1.29 is 9.90 Å². The fraction of sp³-hybridized carbons (Fsp3) is 0.0769. The van der Waals surface area contributed by atoms with Crippen LogP contribution in [0.4, 0.5) is 5.69 Å². The van der Waals surface area contributed by atoms with Crippen molar-refractivity contribution in [2.24, 2.45) is 7.05 Å². The molecule has 5 heteroatoms. The summed E-state index contributed by atoms with van der Waals surface area (Å²) in [5.74, 6) is -0.247. The molecule has 0 saturated carbocycles. The third kappa shape index (κ3) is 3.45. The van der Waals surface area contributed by atoms with Gasteiger partial charge in [0, 0.05) is 18.9 Å². The molecule has 2 N–H and O–H groups in total. The average molecular weight is 407 g/mol. The van der Waals surface area contributed by atoms with Crippen LogP contribution in [-0.2, 0) is 7.05 Å². The van der Waals surface area contributed by atoms with Gasteiger partial charge in [-0.3, -0.25) is 9.48 Å². The Balaban J connectivity index is 1.54. The second kappa shape index (κ2) is 7.70. The number of nitrogens with zero attached hydrogens (tertiary/aromatic N) is 2. The van der Waals surface area contributed by atoms with Gasteiger partial charge in [0.05, 0.1) is 0 Å². The minimum absolute atomic E-state index is 0.247. The molecule has 31 heavy (non-hydrogen) atoms. The van der Waals surface area contributed by atoms with E-state index >= 15 is 0 Å². The van der Waals surface area contributed by atoms with E-state index in [9.17, 15) is 9.90 Å². The third-order valence-electron chi connectivity index (χ3n) is 5.61. The predicted octanol–water partition coefficient (Wildman–Crippen LogP) is 5.06. The van der Waals surface area contributed by atoms with Gasteiger partial charge in [-0.2, -0.15) is 5.10 Å². The maximum absolute atomic E-state index is 12.5. The number of aliphatic hydroxyl groups excluding tert-OH is 1. The topological polar surface area (TPSA) is 67.2 Å². The second-order valence-electron chi connectivity index (χ2n) is 7.55. The molecule has 1 heterocycles. The van der Waals surface area contributed by atoms with Gasteiger partial charge < -0.3 is 10.4 Å². The van der Waals surface area contributed by atoms with Crippen LogP contribution in [0.25, 0.3) is 21.5 Å². The van der Waals surface area contributed by atoms with E-state index in [0.29, 0.717) is 16.9 Å². The van der Waals surface area contributed by atoms with Crippen molar-refractivity contribution in [3.63, 3.8) is 0 Å². The van der Waals surface area contributed by atoms with Crippen LogP contribution in [0.3, 0.4) is 0 Å². The summed E-state index contributed by atoms with van der Waals surface area (Å²) in [4.78, 5) is 12.5. The lowest BCUT2D eigenvalue weighted by atomic mass is 9.92. The molecule has 0 radical (unpaired) electrons. The zero-order valence-electron chi connectivity index (χ0n) is 17.0. The number of fused-ring (bicyclic) bond motifs is 3. The summed E-state index contributed by atoms with van der Waals surface area (Å²) in [6.07, 6.45) is 0.753. The molecule has 1 amide bonds. The van der Waals surface area contributed by atoms with Crippen molar-refractivity contribution in [3.8, 4) is 0 Å². The fourth-order valence-electron chi connectivity index (χ4n) is 4.07. The van der Waals surface area contributed by atoms with E-state index in [1.165, 1.54) is 4.68 Å². The van der Waals surface area contributed by atoms with Crippen molar-refractivity contribution in [1.29, 1.82) is 0 Å². The van der Waals surface area contributed by atoms with Gasteiger partial charge in [0.2, 0.25) is 0 Å². The van der Waals surface area contributed by atoms with Crippen molar-refractivity contribution in [3.05, 3.63) is 108 Å². The maximum Gasteiger partial charge on any atom is 0.273 e. The Hall–Kier alpha value is -3.96. The smallest absolute Gasteiger partial charge is 0.273 e. The Bertz CT molecular complexity index is 1420. The summed E-state index contributed by atoms with van der Waals surface area (Å²) in [6, 6.07) is 27.3. The minimum Gasteiger partial charge on any atom is -0.384 e. The Morgan fingerprint density at radius 1 is 0.903 bits per heavy atom. The highest BCUT2D eigenvalue weighted by Gasteiger charge is 2.17. The number of amides is 1. The van der Waals surface area contributed by atoms with Crippen LogP contribution in [-0.4, -0.2) is 20.8 Å². The first-order valence-electron chi connectivity index (χ1n) is 10.1. The molecule has 1 atom stereocenters. The molecule has 4 aromatic carbocycles. The van der Waals surface area contributed by atoms with Gasteiger partial charge in [0.25, 0.3) is 5.91 Å². The number of aliphatic hydroxyl groups is 1. The van der Waals surface area contributed by atoms with Crippen LogP contribution in [0.5, 0.6) is 0 Å². The van der Waals surface area contributed by atoms with Crippen LogP contribution in [0.2, 0.25) is 0 Å². The van der Waals surface area contributed by atoms with E-state index in [0.717, 1.165) is 27.1 Å². The van der Waals surface area contributed by atoms with E-state index in [2.05, 4.69) is 28.6 Å². The zero-order valence-corrected chi connectivity index (χ0v) is 17.0. The van der Waals surface area contributed by atoms with Gasteiger partial charge >= 0.3 is 0 Å². The molecular formula is C26H21N3O2. The molecule has 0 aliphatic rings. The lowest BCUT2D eigenvalue weighted by Crippen LogP contribution is -2.16. The number of nitrogens with one attached hydrogen (secondary N) is 1. The van der Waals surface area contributed by atoms with Crippen molar-refractivity contribution >= 4 is 33.1 Å². The summed E-state index contributed by atoms with van der Waals surface area (Å²) in [5.41, 5.74) is 2.63. The highest BCUT2D eigenvalue weighted by atomic mass is 16.3. The lowest BCUT2D eigenvalue weighted by Gasteiger charge is -2.17. The highest BCUT2D eigenvalue weighted by molar-refractivity contribution is 6.09. The summed E-state index contributed by atoms with van der Waals surface area (Å²) < 4.78 is 1.52. The van der Waals surface area contributed by atoms with Crippen molar-refractivity contribution in [2.75, 3.05) is 5.32 Å². The predicted molar refractivity (Wildman–Crippen MR) is 123 cm³/mol. The molecule has 5 aromatic rings. The highest BCUT2D eigenvalue weighted by Crippen LogP contribution is 2.35. The molecule has 0 saturated heterocycles. The molecule has 5 rings (SSSR count). The van der Waals surface area contributed by atoms with Gasteiger partial charge in [-0.25, -0.2) is 0 Å². The first-order chi connectivity index (χ1) is 15.1. The summed E-state index contributed by atoms with van der Waals surface area (Å²) in [7, 11) is 1.72. The normalized spacial score (nSPS) is 12.2. The first-order valence-corrected chi connectivity index (χ1v) is 10.1. The molecule has 0 bridgehead atoms. The maximum atomic E-state index is 12.5. The Morgan fingerprint density at radius 3 is 2.42 bits per heavy atom. The number of anilines is 1. The van der Waals surface area contributed by atoms with E-state index in [1.807, 2.05) is 60.7 Å². The number of hydrogen-bond donors (Lipinski definition) is 2. The quantitative estimate of drug-likeness (QED) is 0.409. The van der Waals surface area contributed by atoms with Gasteiger partial charge in [0.15, 0.2) is 0 Å². The molecule has 0 aliphatic carbocycles. The Labute approximate surface area is 179 Å². The largest absolute Gasteiger partial charge is 0.384 e. The number of aryl methyl sites for hydroxylation is 1. The average Bonchev–Trinajstić information content (AvgIpc) is 3.24. The van der Waals surface area contributed by atoms with Crippen LogP contribution >= 0.6 is 0 Å². The number of hydrogen-bond acceptors (Lipinski definition) is 3. The number of carbonyl (C=O) groups excluding carboxylic acids is 1. The molecule has 0 fully saturated rings. The summed E-state index contributed by atoms with van der Waals surface area (Å²) in [6.45, 7) is 0. The van der Waals surface area contributed by atoms with Crippen molar-refractivity contribution in [1.82, 2.24) is 9.78 Å². The lowest BCUT2D eigenvalue weighted by molar-refractivity contribution is 0.101. The molecule has 1 aromatic heterocycles. The number of carbonyl (C=O) groups is 1. The van der Waals surface area contributed by atoms with Crippen LogP contribution in [0.1, 0.15) is 27.7 Å². The van der Waals surface area contributed by atoms with Crippen LogP contribution in [0, 0.1) is 0 Å². The fourth-order valence-corrected chi connectivity index (χ4v) is 4.07. The molecule has 5 nitrogen and oxygen atoms in total. The number of rotatable bonds is 4. The Morgan fingerprint density at radius 2 is 1.65 bits per heavy atom. The Kier molecular flexibility index (Phi) is 4.73. The molecule has 1 unspecified atom stereocenters. The molecule has 0 spiro atoms. The van der Waals surface area contributed by atoms with Gasteiger partial charge in [0.1, 0.15) is 11.8 Å². The monoisotopic (exact) mass is 407 g/mol. The first kappa shape index (κ1) is 19.0. The standard InChI is InChI=1S/C26H21N3O2/c1-29-24(13-14-27-29)26(31)28-19-9-6-8-18(15-19)25(30)23-16-17-7-2-3-10-20(17)21-11-4-5-12-22(21)23/h2-16,25,30H,1H3,(H,28,31). The summed E-state index contributed by atoms with van der Waals surface area (Å²) in [5, 5.41) is 22.6. The summed E-state index contributed by atoms with van der Waals surface area (Å²) >= 11 is 0. The van der Waals surface area contributed by atoms with Gasteiger partial charge in [-0.15, -0.1) is 0 Å². The SMILES string of the molecule is Cn1nccc1C(=O)Nc1cccc(C(O)c2cc3ccccc3c3ccccc23)c1. The minimum atomic E-state index is -0.830. The van der Waals surface area contributed by atoms with Gasteiger partial charge in [-0.1, -0.05) is 60.7 Å².